The molecule has 0 aromatic heterocycles. The highest BCUT2D eigenvalue weighted by molar-refractivity contribution is 5.14. The third-order valence-corrected chi connectivity index (χ3v) is 3.76. The highest BCUT2D eigenvalue weighted by atomic mass is 15.2. The third-order valence-electron chi connectivity index (χ3n) is 3.76. The first-order valence-electron chi connectivity index (χ1n) is 6.96. The summed E-state index contributed by atoms with van der Waals surface area (Å²) in [5.74, 6) is 0. The minimum absolute atomic E-state index is 0.696. The van der Waals surface area contributed by atoms with Gasteiger partial charge in [-0.2, -0.15) is 0 Å². The summed E-state index contributed by atoms with van der Waals surface area (Å²) in [7, 11) is 2.17. The van der Waals surface area contributed by atoms with E-state index in [0.29, 0.717) is 6.04 Å². The topological polar surface area (TPSA) is 32.5 Å². The summed E-state index contributed by atoms with van der Waals surface area (Å²) in [4.78, 5) is 4.97. The number of hydrogen-bond acceptors (Lipinski definition) is 3. The molecule has 1 saturated heterocycles. The first-order chi connectivity index (χ1) is 8.79. The Hall–Kier alpha value is -0.900. The van der Waals surface area contributed by atoms with E-state index in [1.54, 1.807) is 0 Å². The molecule has 18 heavy (non-hydrogen) atoms. The smallest absolute Gasteiger partial charge is 0.0237 e. The summed E-state index contributed by atoms with van der Waals surface area (Å²) in [5, 5.41) is 0. The Morgan fingerprint density at radius 1 is 1.33 bits per heavy atom. The van der Waals surface area contributed by atoms with E-state index >= 15 is 0 Å². The number of nitrogens with two attached hydrogens (primary N) is 1. The normalized spacial score (nSPS) is 20.7. The molecule has 2 rings (SSSR count). The highest BCUT2D eigenvalue weighted by Gasteiger charge is 2.25. The zero-order valence-electron chi connectivity index (χ0n) is 11.4. The van der Waals surface area contributed by atoms with Crippen LogP contribution in [-0.4, -0.2) is 49.1 Å². The fraction of sp³-hybridized carbons (Fsp3) is 0.600. The fourth-order valence-electron chi connectivity index (χ4n) is 2.80. The first kappa shape index (κ1) is 13.5. The molecule has 1 aromatic rings. The van der Waals surface area contributed by atoms with Gasteiger partial charge in [0.05, 0.1) is 0 Å². The maximum Gasteiger partial charge on any atom is 0.0237 e. The van der Waals surface area contributed by atoms with Crippen LogP contribution in [0.3, 0.4) is 0 Å². The van der Waals surface area contributed by atoms with Crippen LogP contribution in [-0.2, 0) is 6.54 Å². The van der Waals surface area contributed by atoms with Gasteiger partial charge in [-0.3, -0.25) is 4.90 Å². The SMILES string of the molecule is CN(CCN)C[C@@H]1CCCN1Cc1ccccc1. The molecular formula is C15H25N3. The fourth-order valence-corrected chi connectivity index (χ4v) is 2.80. The average molecular weight is 247 g/mol. The molecule has 1 fully saturated rings. The number of benzene rings is 1. The lowest BCUT2D eigenvalue weighted by Gasteiger charge is -2.28. The number of likely N-dealkylation sites (N-methyl/N-ethyl adjacent to an activating group) is 1. The van der Waals surface area contributed by atoms with E-state index in [2.05, 4.69) is 47.2 Å². The Labute approximate surface area is 111 Å². The molecule has 1 atom stereocenters. The van der Waals surface area contributed by atoms with Crippen molar-refractivity contribution in [1.29, 1.82) is 0 Å². The molecule has 1 aliphatic heterocycles. The van der Waals surface area contributed by atoms with Gasteiger partial charge >= 0.3 is 0 Å². The Morgan fingerprint density at radius 2 is 2.11 bits per heavy atom. The standard InChI is InChI=1S/C15H25N3/c1-17(11-9-16)13-15-8-5-10-18(15)12-14-6-3-2-4-7-14/h2-4,6-7,15H,5,8-13,16H2,1H3/t15-/m0/s1. The molecule has 100 valence electrons. The van der Waals surface area contributed by atoms with Crippen LogP contribution in [0, 0.1) is 0 Å². The summed E-state index contributed by atoms with van der Waals surface area (Å²) in [5.41, 5.74) is 7.03. The highest BCUT2D eigenvalue weighted by Crippen LogP contribution is 2.20. The summed E-state index contributed by atoms with van der Waals surface area (Å²) in [6.07, 6.45) is 2.65. The number of hydrogen-bond donors (Lipinski definition) is 1. The lowest BCUT2D eigenvalue weighted by atomic mass is 10.1. The predicted octanol–water partition coefficient (Wildman–Crippen LogP) is 1.54. The van der Waals surface area contributed by atoms with Crippen molar-refractivity contribution < 1.29 is 0 Å². The van der Waals surface area contributed by atoms with Crippen molar-refractivity contribution in [3.63, 3.8) is 0 Å². The van der Waals surface area contributed by atoms with E-state index < -0.39 is 0 Å². The Morgan fingerprint density at radius 3 is 2.83 bits per heavy atom. The van der Waals surface area contributed by atoms with Crippen LogP contribution in [0.1, 0.15) is 18.4 Å². The first-order valence-corrected chi connectivity index (χ1v) is 6.96. The molecule has 2 N–H and O–H groups in total. The number of nitrogens with zero attached hydrogens (tertiary/aromatic N) is 2. The van der Waals surface area contributed by atoms with Crippen molar-refractivity contribution in [1.82, 2.24) is 9.80 Å². The van der Waals surface area contributed by atoms with Gasteiger partial charge in [0.15, 0.2) is 0 Å². The van der Waals surface area contributed by atoms with Crippen LogP contribution < -0.4 is 5.73 Å². The summed E-state index contributed by atoms with van der Waals surface area (Å²) in [6, 6.07) is 11.5. The van der Waals surface area contributed by atoms with Gasteiger partial charge in [-0.05, 0) is 32.0 Å². The van der Waals surface area contributed by atoms with Gasteiger partial charge in [-0.15, -0.1) is 0 Å². The molecular weight excluding hydrogens is 222 g/mol. The van der Waals surface area contributed by atoms with Crippen LogP contribution in [0.25, 0.3) is 0 Å². The maximum absolute atomic E-state index is 5.61. The van der Waals surface area contributed by atoms with Gasteiger partial charge in [-0.1, -0.05) is 30.3 Å². The average Bonchev–Trinajstić information content (AvgIpc) is 2.78. The van der Waals surface area contributed by atoms with Crippen LogP contribution in [0.4, 0.5) is 0 Å². The lowest BCUT2D eigenvalue weighted by Crippen LogP contribution is -2.40. The quantitative estimate of drug-likeness (QED) is 0.827. The molecule has 0 unspecified atom stereocenters. The van der Waals surface area contributed by atoms with E-state index in [9.17, 15) is 0 Å². The third kappa shape index (κ3) is 3.80. The second-order valence-corrected chi connectivity index (χ2v) is 5.30. The molecule has 0 radical (unpaired) electrons. The Bertz CT molecular complexity index is 339. The number of likely N-dealkylation sites (tertiary alicyclic amines) is 1. The van der Waals surface area contributed by atoms with Gasteiger partial charge in [0.25, 0.3) is 0 Å². The zero-order chi connectivity index (χ0) is 12.8. The molecule has 0 spiro atoms. The van der Waals surface area contributed by atoms with E-state index in [4.69, 9.17) is 5.73 Å². The molecule has 0 bridgehead atoms. The Balaban J connectivity index is 1.87. The van der Waals surface area contributed by atoms with Gasteiger partial charge < -0.3 is 10.6 Å². The molecule has 0 aliphatic carbocycles. The monoisotopic (exact) mass is 247 g/mol. The van der Waals surface area contributed by atoms with Crippen LogP contribution >= 0.6 is 0 Å². The van der Waals surface area contributed by atoms with E-state index in [-0.39, 0.29) is 0 Å². The molecule has 3 nitrogen and oxygen atoms in total. The molecule has 0 amide bonds. The molecule has 3 heteroatoms. The van der Waals surface area contributed by atoms with Crippen LogP contribution in [0.15, 0.2) is 30.3 Å². The summed E-state index contributed by atoms with van der Waals surface area (Å²) < 4.78 is 0. The van der Waals surface area contributed by atoms with Gasteiger partial charge in [0.2, 0.25) is 0 Å². The predicted molar refractivity (Wildman–Crippen MR) is 76.4 cm³/mol. The van der Waals surface area contributed by atoms with Crippen molar-refractivity contribution in [2.45, 2.75) is 25.4 Å². The zero-order valence-corrected chi connectivity index (χ0v) is 11.4. The minimum atomic E-state index is 0.696. The molecule has 1 heterocycles. The second-order valence-electron chi connectivity index (χ2n) is 5.30. The van der Waals surface area contributed by atoms with Crippen molar-refractivity contribution in [2.24, 2.45) is 5.73 Å². The maximum atomic E-state index is 5.61. The molecule has 1 aromatic carbocycles. The summed E-state index contributed by atoms with van der Waals surface area (Å²) >= 11 is 0. The van der Waals surface area contributed by atoms with Crippen LogP contribution in [0.5, 0.6) is 0 Å². The minimum Gasteiger partial charge on any atom is -0.329 e. The van der Waals surface area contributed by atoms with Crippen molar-refractivity contribution in [3.05, 3.63) is 35.9 Å². The number of rotatable bonds is 6. The van der Waals surface area contributed by atoms with Gasteiger partial charge in [-0.25, -0.2) is 0 Å². The van der Waals surface area contributed by atoms with E-state index in [1.165, 1.54) is 24.9 Å². The van der Waals surface area contributed by atoms with Crippen molar-refractivity contribution in [2.75, 3.05) is 33.2 Å². The Kier molecular flexibility index (Phi) is 5.17. The molecule has 1 aliphatic rings. The largest absolute Gasteiger partial charge is 0.329 e. The lowest BCUT2D eigenvalue weighted by molar-refractivity contribution is 0.188. The molecule has 0 saturated carbocycles. The van der Waals surface area contributed by atoms with Crippen molar-refractivity contribution >= 4 is 0 Å². The van der Waals surface area contributed by atoms with E-state index in [0.717, 1.165) is 26.2 Å². The van der Waals surface area contributed by atoms with E-state index in [1.807, 2.05) is 0 Å². The van der Waals surface area contributed by atoms with Crippen LogP contribution in [0.2, 0.25) is 0 Å². The summed E-state index contributed by atoms with van der Waals surface area (Å²) in [6.45, 7) is 5.21. The second kappa shape index (κ2) is 6.88. The van der Waals surface area contributed by atoms with Crippen molar-refractivity contribution in [3.8, 4) is 0 Å². The van der Waals surface area contributed by atoms with Gasteiger partial charge in [0.1, 0.15) is 0 Å². The van der Waals surface area contributed by atoms with Gasteiger partial charge in [0, 0.05) is 32.2 Å².